The van der Waals surface area contributed by atoms with Gasteiger partial charge < -0.3 is 14.8 Å². The third kappa shape index (κ3) is 9.80. The minimum absolute atomic E-state index is 0.0400. The molecular weight excluding hydrogens is 616 g/mol. The van der Waals surface area contributed by atoms with Crippen molar-refractivity contribution in [3.05, 3.63) is 70.8 Å². The standard InChI is InChI=1S/C30H32F4N6O4S/c1-28(2,3)43-26(41)37-21(11-17-7-10-22(35-14-17)30(32,33)34)16-40-25(38-27(42)44-29(4,5)6)45-24(39-40)18-8-9-19-15-36-23(31)13-20(19)12-18/h7-10,12-15,21H,11,16H2,1-6H3,(H,37,41)/b38-25-/t21-/m0/s1. The van der Waals surface area contributed by atoms with Gasteiger partial charge in [0.25, 0.3) is 0 Å². The highest BCUT2D eigenvalue weighted by Gasteiger charge is 2.32. The van der Waals surface area contributed by atoms with Gasteiger partial charge in [0.05, 0.1) is 12.6 Å². The van der Waals surface area contributed by atoms with Crippen LogP contribution in [0.15, 0.2) is 53.8 Å². The van der Waals surface area contributed by atoms with E-state index >= 15 is 0 Å². The molecule has 0 bridgehead atoms. The van der Waals surface area contributed by atoms with E-state index in [9.17, 15) is 27.2 Å². The lowest BCUT2D eigenvalue weighted by atomic mass is 10.1. The summed E-state index contributed by atoms with van der Waals surface area (Å²) in [7, 11) is 0. The quantitative estimate of drug-likeness (QED) is 0.183. The fourth-order valence-electron chi connectivity index (χ4n) is 4.08. The van der Waals surface area contributed by atoms with Gasteiger partial charge in [0.15, 0.2) is 0 Å². The molecule has 0 spiro atoms. The summed E-state index contributed by atoms with van der Waals surface area (Å²) in [5, 5.41) is 9.08. The Morgan fingerprint density at radius 1 is 0.956 bits per heavy atom. The number of alkyl carbamates (subject to hydrolysis) is 1. The minimum Gasteiger partial charge on any atom is -0.444 e. The van der Waals surface area contributed by atoms with Crippen LogP contribution >= 0.6 is 11.3 Å². The minimum atomic E-state index is -4.61. The van der Waals surface area contributed by atoms with Crippen molar-refractivity contribution in [3.63, 3.8) is 0 Å². The second kappa shape index (κ2) is 12.9. The van der Waals surface area contributed by atoms with E-state index in [0.29, 0.717) is 26.9 Å². The van der Waals surface area contributed by atoms with Gasteiger partial charge in [0, 0.05) is 29.4 Å². The van der Waals surface area contributed by atoms with Gasteiger partial charge in [-0.3, -0.25) is 4.98 Å². The Hall–Kier alpha value is -4.40. The Morgan fingerprint density at radius 2 is 1.67 bits per heavy atom. The Bertz CT molecular complexity index is 1760. The van der Waals surface area contributed by atoms with E-state index in [-0.39, 0.29) is 17.8 Å². The predicted octanol–water partition coefficient (Wildman–Crippen LogP) is 6.68. The molecule has 0 saturated carbocycles. The maximum absolute atomic E-state index is 13.8. The predicted molar refractivity (Wildman–Crippen MR) is 159 cm³/mol. The van der Waals surface area contributed by atoms with Crippen LogP contribution in [0.2, 0.25) is 0 Å². The monoisotopic (exact) mass is 648 g/mol. The third-order valence-corrected chi connectivity index (χ3v) is 6.84. The molecule has 0 saturated heterocycles. The van der Waals surface area contributed by atoms with E-state index in [2.05, 4.69) is 25.4 Å². The fraction of sp³-hybridized carbons (Fsp3) is 0.400. The number of carbonyl (C=O) groups excluding carboxylic acids is 2. The zero-order chi connectivity index (χ0) is 33.2. The fourth-order valence-corrected chi connectivity index (χ4v) is 4.98. The number of hydrogen-bond acceptors (Lipinski definition) is 8. The van der Waals surface area contributed by atoms with Crippen molar-refractivity contribution in [3.8, 4) is 10.6 Å². The first-order chi connectivity index (χ1) is 20.8. The number of benzene rings is 1. The number of hydrogen-bond donors (Lipinski definition) is 1. The molecule has 0 radical (unpaired) electrons. The van der Waals surface area contributed by atoms with Gasteiger partial charge in [-0.15, -0.1) is 4.99 Å². The van der Waals surface area contributed by atoms with Crippen LogP contribution in [0.3, 0.4) is 0 Å². The first-order valence-electron chi connectivity index (χ1n) is 13.8. The number of nitrogens with zero attached hydrogens (tertiary/aromatic N) is 5. The Kier molecular flexibility index (Phi) is 9.61. The number of rotatable bonds is 6. The van der Waals surface area contributed by atoms with Gasteiger partial charge in [-0.05, 0) is 71.0 Å². The molecule has 3 aromatic heterocycles. The maximum Gasteiger partial charge on any atom is 0.436 e. The molecule has 2 amide bonds. The summed E-state index contributed by atoms with van der Waals surface area (Å²) in [5.41, 5.74) is -1.71. The maximum atomic E-state index is 13.8. The molecule has 0 aliphatic rings. The molecule has 0 aliphatic carbocycles. The number of carbonyl (C=O) groups is 2. The van der Waals surface area contributed by atoms with Crippen LogP contribution < -0.4 is 10.1 Å². The summed E-state index contributed by atoms with van der Waals surface area (Å²) in [6.07, 6.45) is -3.72. The molecule has 45 heavy (non-hydrogen) atoms. The Balaban J connectivity index is 1.74. The lowest BCUT2D eigenvalue weighted by Gasteiger charge is -2.24. The summed E-state index contributed by atoms with van der Waals surface area (Å²) in [4.78, 5) is 36.9. The number of halogens is 4. The average Bonchev–Trinajstić information content (AvgIpc) is 3.27. The first-order valence-corrected chi connectivity index (χ1v) is 14.6. The first kappa shape index (κ1) is 33.5. The van der Waals surface area contributed by atoms with Crippen molar-refractivity contribution < 1.29 is 36.6 Å². The molecule has 4 rings (SSSR count). The van der Waals surface area contributed by atoms with Gasteiger partial charge in [-0.25, -0.2) is 19.3 Å². The average molecular weight is 649 g/mol. The zero-order valence-electron chi connectivity index (χ0n) is 25.4. The summed E-state index contributed by atoms with van der Waals surface area (Å²) >= 11 is 1.06. The van der Waals surface area contributed by atoms with Crippen LogP contribution in [-0.4, -0.2) is 49.2 Å². The molecule has 1 atom stereocenters. The molecule has 1 aromatic carbocycles. The highest BCUT2D eigenvalue weighted by Crippen LogP contribution is 2.28. The number of amides is 2. The number of alkyl halides is 3. The molecule has 1 N–H and O–H groups in total. The SMILES string of the molecule is CC(C)(C)OC(=O)/N=c1\sc(-c2ccc3cnc(F)cc3c2)nn1C[C@H](Cc1ccc(C(F)(F)F)nc1)NC(=O)OC(C)(C)C. The van der Waals surface area contributed by atoms with Crippen LogP contribution in [0.1, 0.15) is 52.8 Å². The largest absolute Gasteiger partial charge is 0.444 e. The normalized spacial score (nSPS) is 13.5. The Labute approximate surface area is 260 Å². The molecule has 3 heterocycles. The zero-order valence-corrected chi connectivity index (χ0v) is 26.2. The van der Waals surface area contributed by atoms with Gasteiger partial charge >= 0.3 is 18.4 Å². The second-order valence-corrected chi connectivity index (χ2v) is 13.1. The van der Waals surface area contributed by atoms with E-state index in [1.165, 1.54) is 23.0 Å². The van der Waals surface area contributed by atoms with Crippen molar-refractivity contribution in [2.75, 3.05) is 0 Å². The van der Waals surface area contributed by atoms with Crippen LogP contribution in [0.4, 0.5) is 27.2 Å². The van der Waals surface area contributed by atoms with E-state index < -0.39 is 47.2 Å². The van der Waals surface area contributed by atoms with Crippen molar-refractivity contribution in [1.82, 2.24) is 25.1 Å². The number of aromatic nitrogens is 4. The van der Waals surface area contributed by atoms with Crippen molar-refractivity contribution in [2.45, 2.75) is 77.9 Å². The van der Waals surface area contributed by atoms with Crippen LogP contribution in [0.5, 0.6) is 0 Å². The van der Waals surface area contributed by atoms with Gasteiger partial charge in [0.1, 0.15) is 21.9 Å². The number of fused-ring (bicyclic) bond motifs is 1. The highest BCUT2D eigenvalue weighted by molar-refractivity contribution is 7.12. The molecule has 0 fully saturated rings. The molecular formula is C30H32F4N6O4S. The molecule has 0 unspecified atom stereocenters. The molecule has 4 aromatic rings. The molecule has 10 nitrogen and oxygen atoms in total. The van der Waals surface area contributed by atoms with E-state index in [1.807, 2.05) is 0 Å². The summed E-state index contributed by atoms with van der Waals surface area (Å²) in [5.74, 6) is -0.650. The van der Waals surface area contributed by atoms with Crippen molar-refractivity contribution in [1.29, 1.82) is 0 Å². The number of ether oxygens (including phenoxy) is 2. The number of nitrogens with one attached hydrogen (secondary N) is 1. The van der Waals surface area contributed by atoms with Gasteiger partial charge in [0.2, 0.25) is 10.7 Å². The summed E-state index contributed by atoms with van der Waals surface area (Å²) in [6, 6.07) is 7.84. The third-order valence-electron chi connectivity index (χ3n) is 5.85. The van der Waals surface area contributed by atoms with E-state index in [4.69, 9.17) is 9.47 Å². The van der Waals surface area contributed by atoms with E-state index in [1.54, 1.807) is 59.7 Å². The van der Waals surface area contributed by atoms with E-state index in [0.717, 1.165) is 23.6 Å². The molecule has 240 valence electrons. The Morgan fingerprint density at radius 3 is 2.29 bits per heavy atom. The molecule has 0 aliphatic heterocycles. The highest BCUT2D eigenvalue weighted by atomic mass is 32.1. The topological polar surface area (TPSA) is 121 Å². The lowest BCUT2D eigenvalue weighted by molar-refractivity contribution is -0.141. The van der Waals surface area contributed by atoms with Gasteiger partial charge in [-0.2, -0.15) is 22.7 Å². The smallest absolute Gasteiger partial charge is 0.436 e. The summed E-state index contributed by atoms with van der Waals surface area (Å²) in [6.45, 7) is 10.1. The lowest BCUT2D eigenvalue weighted by Crippen LogP contribution is -2.44. The van der Waals surface area contributed by atoms with Crippen molar-refractivity contribution in [2.24, 2.45) is 4.99 Å². The number of pyridine rings is 2. The van der Waals surface area contributed by atoms with Crippen molar-refractivity contribution >= 4 is 34.3 Å². The molecule has 15 heteroatoms. The van der Waals surface area contributed by atoms with Crippen LogP contribution in [0.25, 0.3) is 21.3 Å². The second-order valence-electron chi connectivity index (χ2n) is 12.1. The van der Waals surface area contributed by atoms with Crippen LogP contribution in [-0.2, 0) is 28.6 Å². The van der Waals surface area contributed by atoms with Crippen LogP contribution in [0, 0.1) is 5.95 Å². The summed E-state index contributed by atoms with van der Waals surface area (Å²) < 4.78 is 65.2. The van der Waals surface area contributed by atoms with Gasteiger partial charge in [-0.1, -0.05) is 29.5 Å².